The zero-order valence-corrected chi connectivity index (χ0v) is 8.68. The highest BCUT2D eigenvalue weighted by atomic mass is 16.1. The molecule has 0 saturated heterocycles. The van der Waals surface area contributed by atoms with Crippen molar-refractivity contribution in [1.82, 2.24) is 0 Å². The third-order valence-corrected chi connectivity index (χ3v) is 2.28. The van der Waals surface area contributed by atoms with Crippen molar-refractivity contribution >= 4 is 6.29 Å². The molecule has 0 amide bonds. The number of rotatable bonds is 5. The first-order valence-corrected chi connectivity index (χ1v) is 4.64. The second-order valence-electron chi connectivity index (χ2n) is 3.93. The van der Waals surface area contributed by atoms with Crippen LogP contribution in [0, 0.1) is 5.41 Å². The number of hydrogen-bond donors (Lipinski definition) is 0. The molecule has 1 atom stereocenters. The molecule has 0 rings (SSSR count). The number of carbonyl (C=O) groups is 1. The van der Waals surface area contributed by atoms with E-state index in [0.717, 1.165) is 19.1 Å². The van der Waals surface area contributed by atoms with Gasteiger partial charge in [0.25, 0.3) is 0 Å². The Kier molecular flexibility index (Phi) is 4.87. The van der Waals surface area contributed by atoms with Crippen LogP contribution in [0.3, 0.4) is 0 Å². The number of carbonyl (C=O) groups excluding carboxylic acids is 1. The minimum atomic E-state index is 0.222. The summed E-state index contributed by atoms with van der Waals surface area (Å²) >= 11 is 0. The van der Waals surface area contributed by atoms with Gasteiger partial charge in [0.2, 0.25) is 0 Å². The van der Waals surface area contributed by atoms with Gasteiger partial charge >= 0.3 is 0 Å². The van der Waals surface area contributed by atoms with Crippen molar-refractivity contribution in [2.75, 3.05) is 0 Å². The lowest BCUT2D eigenvalue weighted by Crippen LogP contribution is -2.12. The topological polar surface area (TPSA) is 17.1 Å². The molecule has 0 aromatic heterocycles. The lowest BCUT2D eigenvalue weighted by Gasteiger charge is -2.23. The van der Waals surface area contributed by atoms with Crippen molar-refractivity contribution < 1.29 is 4.79 Å². The van der Waals surface area contributed by atoms with Crippen molar-refractivity contribution in [1.29, 1.82) is 0 Å². The molecule has 0 bridgehead atoms. The molecule has 1 heteroatoms. The third kappa shape index (κ3) is 4.32. The van der Waals surface area contributed by atoms with E-state index in [2.05, 4.69) is 33.8 Å². The smallest absolute Gasteiger partial charge is 0.120 e. The number of allylic oxidation sites excluding steroid dienone is 2. The van der Waals surface area contributed by atoms with Gasteiger partial charge in [-0.25, -0.2) is 0 Å². The van der Waals surface area contributed by atoms with Gasteiger partial charge in [-0.2, -0.15) is 0 Å². The van der Waals surface area contributed by atoms with Crippen molar-refractivity contribution in [2.24, 2.45) is 5.41 Å². The Morgan fingerprint density at radius 1 is 1.42 bits per heavy atom. The maximum absolute atomic E-state index is 10.2. The molecule has 0 aliphatic carbocycles. The van der Waals surface area contributed by atoms with Crippen LogP contribution < -0.4 is 0 Å². The highest BCUT2D eigenvalue weighted by Crippen LogP contribution is 2.29. The summed E-state index contributed by atoms with van der Waals surface area (Å²) in [4.78, 5) is 10.2. The summed E-state index contributed by atoms with van der Waals surface area (Å²) in [5, 5.41) is 0. The Bertz CT molecular complexity index is 166. The van der Waals surface area contributed by atoms with Crippen LogP contribution in [0.1, 0.15) is 47.0 Å². The van der Waals surface area contributed by atoms with Crippen LogP contribution in [0.5, 0.6) is 0 Å². The van der Waals surface area contributed by atoms with Crippen LogP contribution in [-0.4, -0.2) is 6.29 Å². The Balaban J connectivity index is 4.23. The van der Waals surface area contributed by atoms with Crippen LogP contribution in [0.15, 0.2) is 11.6 Å². The van der Waals surface area contributed by atoms with Crippen LogP contribution >= 0.6 is 0 Å². The Hall–Kier alpha value is -0.590. The van der Waals surface area contributed by atoms with Crippen LogP contribution in [0.25, 0.3) is 0 Å². The Labute approximate surface area is 75.9 Å². The average molecular weight is 168 g/mol. The van der Waals surface area contributed by atoms with E-state index in [4.69, 9.17) is 0 Å². The molecule has 0 aliphatic heterocycles. The monoisotopic (exact) mass is 168 g/mol. The molecule has 0 heterocycles. The first kappa shape index (κ1) is 11.4. The zero-order valence-electron chi connectivity index (χ0n) is 8.68. The van der Waals surface area contributed by atoms with Gasteiger partial charge in [0, 0.05) is 6.42 Å². The molecule has 0 aliphatic rings. The molecule has 0 radical (unpaired) electrons. The molecule has 1 nitrogen and oxygen atoms in total. The quantitative estimate of drug-likeness (QED) is 0.454. The molecule has 0 aromatic rings. The zero-order chi connectivity index (χ0) is 9.61. The fourth-order valence-electron chi connectivity index (χ4n) is 1.44. The lowest BCUT2D eigenvalue weighted by molar-refractivity contribution is -0.108. The Morgan fingerprint density at radius 3 is 2.33 bits per heavy atom. The summed E-state index contributed by atoms with van der Waals surface area (Å²) in [5.74, 6) is 0. The van der Waals surface area contributed by atoms with Gasteiger partial charge < -0.3 is 4.79 Å². The molecule has 0 fully saturated rings. The molecule has 0 saturated carbocycles. The maximum Gasteiger partial charge on any atom is 0.120 e. The van der Waals surface area contributed by atoms with Gasteiger partial charge in [0.1, 0.15) is 6.29 Å². The fourth-order valence-corrected chi connectivity index (χ4v) is 1.44. The minimum absolute atomic E-state index is 0.222. The molecule has 0 unspecified atom stereocenters. The van der Waals surface area contributed by atoms with Gasteiger partial charge in [0.15, 0.2) is 0 Å². The predicted octanol–water partition coefficient (Wildman–Crippen LogP) is 3.35. The van der Waals surface area contributed by atoms with Crippen molar-refractivity contribution in [2.45, 2.75) is 47.0 Å². The molecular weight excluding hydrogens is 148 g/mol. The second-order valence-corrected chi connectivity index (χ2v) is 3.93. The van der Waals surface area contributed by atoms with E-state index in [1.807, 2.05) is 0 Å². The van der Waals surface area contributed by atoms with E-state index in [1.54, 1.807) is 0 Å². The molecular formula is C11H20O. The summed E-state index contributed by atoms with van der Waals surface area (Å²) in [5.41, 5.74) is 1.56. The minimum Gasteiger partial charge on any atom is -0.303 e. The van der Waals surface area contributed by atoms with Crippen LogP contribution in [0.2, 0.25) is 0 Å². The van der Waals surface area contributed by atoms with Gasteiger partial charge in [-0.1, -0.05) is 25.5 Å². The molecule has 12 heavy (non-hydrogen) atoms. The summed E-state index contributed by atoms with van der Waals surface area (Å²) in [7, 11) is 0. The predicted molar refractivity (Wildman–Crippen MR) is 53.1 cm³/mol. The molecule has 0 N–H and O–H groups in total. The maximum atomic E-state index is 10.2. The third-order valence-electron chi connectivity index (χ3n) is 2.28. The first-order chi connectivity index (χ1) is 5.54. The van der Waals surface area contributed by atoms with Crippen molar-refractivity contribution in [3.8, 4) is 0 Å². The summed E-state index contributed by atoms with van der Waals surface area (Å²) in [6.45, 7) is 8.59. The largest absolute Gasteiger partial charge is 0.303 e. The number of aldehydes is 1. The van der Waals surface area contributed by atoms with Crippen molar-refractivity contribution in [3.05, 3.63) is 11.6 Å². The fraction of sp³-hybridized carbons (Fsp3) is 0.727. The van der Waals surface area contributed by atoms with Crippen LogP contribution in [0.4, 0.5) is 0 Å². The van der Waals surface area contributed by atoms with E-state index in [-0.39, 0.29) is 5.41 Å². The van der Waals surface area contributed by atoms with Gasteiger partial charge in [0.05, 0.1) is 0 Å². The van der Waals surface area contributed by atoms with E-state index < -0.39 is 0 Å². The van der Waals surface area contributed by atoms with E-state index >= 15 is 0 Å². The summed E-state index contributed by atoms with van der Waals surface area (Å²) in [6, 6.07) is 0. The van der Waals surface area contributed by atoms with E-state index in [0.29, 0.717) is 6.42 Å². The van der Waals surface area contributed by atoms with Gasteiger partial charge in [-0.05, 0) is 32.1 Å². The SMILES string of the molecule is CC[C@@](C)(C=C(C)C)CCC=O. The normalized spacial score (nSPS) is 15.0. The standard InChI is InChI=1S/C11H20O/c1-5-11(4,7-6-8-12)9-10(2)3/h8-9H,5-7H2,1-4H3/t11-/m1/s1. The van der Waals surface area contributed by atoms with E-state index in [1.165, 1.54) is 5.57 Å². The second kappa shape index (κ2) is 5.13. The first-order valence-electron chi connectivity index (χ1n) is 4.64. The Morgan fingerprint density at radius 2 is 2.00 bits per heavy atom. The van der Waals surface area contributed by atoms with Gasteiger partial charge in [-0.3, -0.25) is 0 Å². The molecule has 70 valence electrons. The number of hydrogen-bond acceptors (Lipinski definition) is 1. The van der Waals surface area contributed by atoms with Gasteiger partial charge in [-0.15, -0.1) is 0 Å². The average Bonchev–Trinajstić information content (AvgIpc) is 2.00. The summed E-state index contributed by atoms with van der Waals surface area (Å²) < 4.78 is 0. The summed E-state index contributed by atoms with van der Waals surface area (Å²) in [6.07, 6.45) is 6.03. The lowest BCUT2D eigenvalue weighted by atomic mass is 9.81. The van der Waals surface area contributed by atoms with E-state index in [9.17, 15) is 4.79 Å². The molecule has 0 aromatic carbocycles. The molecule has 0 spiro atoms. The highest BCUT2D eigenvalue weighted by molar-refractivity contribution is 5.49. The van der Waals surface area contributed by atoms with Crippen molar-refractivity contribution in [3.63, 3.8) is 0 Å². The highest BCUT2D eigenvalue weighted by Gasteiger charge is 2.17. The van der Waals surface area contributed by atoms with Crippen LogP contribution in [-0.2, 0) is 4.79 Å².